The number of benzene rings is 8. The number of anilines is 3. The summed E-state index contributed by atoms with van der Waals surface area (Å²) in [6.07, 6.45) is 8.28. The van der Waals surface area contributed by atoms with Crippen molar-refractivity contribution >= 4 is 48.6 Å². The van der Waals surface area contributed by atoms with E-state index in [1.807, 2.05) is 11.3 Å². The average molecular weight is 802 g/mol. The van der Waals surface area contributed by atoms with Crippen LogP contribution in [0.25, 0.3) is 64.7 Å². The summed E-state index contributed by atoms with van der Waals surface area (Å²) < 4.78 is 2.66. The molecule has 9 aromatic rings. The van der Waals surface area contributed by atoms with E-state index in [9.17, 15) is 0 Å². The van der Waals surface area contributed by atoms with E-state index in [1.165, 1.54) is 120 Å². The van der Waals surface area contributed by atoms with Crippen LogP contribution in [0.2, 0.25) is 0 Å². The minimum atomic E-state index is 0.0658. The first kappa shape index (κ1) is 35.5. The monoisotopic (exact) mass is 801 g/mol. The van der Waals surface area contributed by atoms with Crippen LogP contribution in [0.3, 0.4) is 0 Å². The molecular weight excluding hydrogens is 755 g/mol. The Labute approximate surface area is 363 Å². The van der Waals surface area contributed by atoms with Crippen LogP contribution < -0.4 is 4.90 Å². The lowest BCUT2D eigenvalue weighted by molar-refractivity contribution is -0.0227. The van der Waals surface area contributed by atoms with Gasteiger partial charge in [-0.2, -0.15) is 0 Å². The zero-order chi connectivity index (χ0) is 40.1. The number of nitrogens with zero attached hydrogens (tertiary/aromatic N) is 1. The predicted octanol–water partition coefficient (Wildman–Crippen LogP) is 16.6. The van der Waals surface area contributed by atoms with E-state index < -0.39 is 0 Å². The van der Waals surface area contributed by atoms with Gasteiger partial charge in [-0.05, 0) is 155 Å². The quantitative estimate of drug-likeness (QED) is 0.162. The molecule has 0 radical (unpaired) electrons. The molecule has 8 aromatic carbocycles. The first-order valence-electron chi connectivity index (χ1n) is 22.5. The third kappa shape index (κ3) is 5.31. The molecule has 294 valence electrons. The lowest BCUT2D eigenvalue weighted by Gasteiger charge is -2.59. The van der Waals surface area contributed by atoms with Crippen LogP contribution in [0.1, 0.15) is 49.7 Å². The molecule has 0 aliphatic heterocycles. The van der Waals surface area contributed by atoms with Crippen molar-refractivity contribution in [3.05, 3.63) is 199 Å². The first-order valence-corrected chi connectivity index (χ1v) is 23.3. The Morgan fingerprint density at radius 3 is 1.74 bits per heavy atom. The van der Waals surface area contributed by atoms with Gasteiger partial charge >= 0.3 is 0 Å². The average Bonchev–Trinajstić information content (AvgIpc) is 3.84. The molecule has 13 rings (SSSR count). The van der Waals surface area contributed by atoms with Gasteiger partial charge in [0.1, 0.15) is 0 Å². The van der Waals surface area contributed by atoms with Crippen LogP contribution in [-0.2, 0) is 5.41 Å². The molecule has 0 amide bonds. The highest BCUT2D eigenvalue weighted by molar-refractivity contribution is 7.25. The van der Waals surface area contributed by atoms with Crippen molar-refractivity contribution in [2.24, 2.45) is 23.7 Å². The zero-order valence-electron chi connectivity index (χ0n) is 34.3. The summed E-state index contributed by atoms with van der Waals surface area (Å²) in [5, 5.41) is 2.65. The molecule has 1 heterocycles. The SMILES string of the molecule is c1ccc(-c2ccccc2-c2ccccc2-c2ccccc2N(c2ccc3c(c2)C2(c4ccccc4-3)C3CCC4CCC2CC4C3)c2ccc3sc4ccccc4c3c2)cc1. The Bertz CT molecular complexity index is 3140. The minimum absolute atomic E-state index is 0.0658. The van der Waals surface area contributed by atoms with Crippen molar-refractivity contribution in [3.8, 4) is 44.5 Å². The smallest absolute Gasteiger partial charge is 0.0540 e. The highest BCUT2D eigenvalue weighted by atomic mass is 32.1. The summed E-state index contributed by atoms with van der Waals surface area (Å²) in [5.74, 6) is 3.24. The second-order valence-corrected chi connectivity index (χ2v) is 19.4. The minimum Gasteiger partial charge on any atom is -0.310 e. The lowest BCUT2D eigenvalue weighted by atomic mass is 9.45. The van der Waals surface area contributed by atoms with Crippen molar-refractivity contribution in [1.82, 2.24) is 0 Å². The summed E-state index contributed by atoms with van der Waals surface area (Å²) in [4.78, 5) is 2.60. The molecule has 1 aromatic heterocycles. The summed E-state index contributed by atoms with van der Waals surface area (Å²) >= 11 is 1.89. The van der Waals surface area contributed by atoms with E-state index in [0.29, 0.717) is 11.8 Å². The van der Waals surface area contributed by atoms with Crippen molar-refractivity contribution in [1.29, 1.82) is 0 Å². The maximum absolute atomic E-state index is 2.67. The van der Waals surface area contributed by atoms with E-state index in [2.05, 4.69) is 193 Å². The number of hydrogen-bond acceptors (Lipinski definition) is 2. The van der Waals surface area contributed by atoms with Gasteiger partial charge < -0.3 is 4.90 Å². The second kappa shape index (κ2) is 13.9. The molecule has 3 fully saturated rings. The van der Waals surface area contributed by atoms with Gasteiger partial charge in [-0.25, -0.2) is 0 Å². The van der Waals surface area contributed by atoms with Gasteiger partial charge in [0.25, 0.3) is 0 Å². The van der Waals surface area contributed by atoms with Crippen LogP contribution in [0.15, 0.2) is 188 Å². The second-order valence-electron chi connectivity index (χ2n) is 18.3. The van der Waals surface area contributed by atoms with Gasteiger partial charge in [0.05, 0.1) is 5.69 Å². The number of rotatable bonds is 6. The van der Waals surface area contributed by atoms with Crippen molar-refractivity contribution < 1.29 is 0 Å². The van der Waals surface area contributed by atoms with Crippen molar-refractivity contribution in [2.45, 2.75) is 43.9 Å². The van der Waals surface area contributed by atoms with Crippen molar-refractivity contribution in [2.75, 3.05) is 4.90 Å². The standard InChI is InChI=1S/C59H47NS/c1-2-14-39(15-3-1)45-16-4-5-17-46(45)47-18-6-7-19-48(47)51-21-9-12-24-56(51)60(43-31-33-58-53(36-43)52-22-10-13-25-57(52)61-58)44-30-32-50-49-20-8-11-23-54(49)59(55(50)37-44)41-28-26-38-27-29-42(59)35-40(38)34-41/h1-25,30-33,36-38,40-42H,26-29,34-35H2. The normalized spacial score (nSPS) is 22.1. The maximum Gasteiger partial charge on any atom is 0.0540 e. The molecule has 4 aliphatic rings. The fourth-order valence-corrected chi connectivity index (χ4v) is 14.2. The third-order valence-corrected chi connectivity index (χ3v) is 16.7. The van der Waals surface area contributed by atoms with E-state index in [1.54, 1.807) is 11.1 Å². The molecule has 4 aliphatic carbocycles. The van der Waals surface area contributed by atoms with Gasteiger partial charge in [-0.1, -0.05) is 146 Å². The number of fused-ring (bicyclic) bond motifs is 12. The van der Waals surface area contributed by atoms with E-state index in [0.717, 1.165) is 11.8 Å². The van der Waals surface area contributed by atoms with Gasteiger partial charge in [-0.15, -0.1) is 11.3 Å². The number of thiophene rings is 1. The Balaban J connectivity index is 1.05. The van der Waals surface area contributed by atoms with Crippen LogP contribution in [-0.4, -0.2) is 0 Å². The summed E-state index contributed by atoms with van der Waals surface area (Å²) in [7, 11) is 0. The highest BCUT2D eigenvalue weighted by Crippen LogP contribution is 2.68. The molecule has 0 saturated heterocycles. The van der Waals surface area contributed by atoms with Gasteiger partial charge in [0.15, 0.2) is 0 Å². The molecule has 61 heavy (non-hydrogen) atoms. The van der Waals surface area contributed by atoms with Gasteiger partial charge in [-0.3, -0.25) is 0 Å². The van der Waals surface area contributed by atoms with Gasteiger partial charge in [0.2, 0.25) is 0 Å². The highest BCUT2D eigenvalue weighted by Gasteiger charge is 2.60. The molecule has 0 N–H and O–H groups in total. The largest absolute Gasteiger partial charge is 0.310 e. The fraction of sp³-hybridized carbons (Fsp3) is 0.186. The molecule has 2 unspecified atom stereocenters. The Morgan fingerprint density at radius 1 is 0.393 bits per heavy atom. The Morgan fingerprint density at radius 2 is 0.951 bits per heavy atom. The lowest BCUT2D eigenvalue weighted by Crippen LogP contribution is -2.53. The van der Waals surface area contributed by atoms with Crippen LogP contribution in [0, 0.1) is 23.7 Å². The Kier molecular flexibility index (Phi) is 8.10. The molecular formula is C59H47NS. The van der Waals surface area contributed by atoms with E-state index in [4.69, 9.17) is 0 Å². The number of para-hydroxylation sites is 1. The molecule has 2 atom stereocenters. The summed E-state index contributed by atoms with van der Waals surface area (Å²) in [6, 6.07) is 71.2. The van der Waals surface area contributed by atoms with Gasteiger partial charge in [0, 0.05) is 42.5 Å². The zero-order valence-corrected chi connectivity index (χ0v) is 35.1. The van der Waals surface area contributed by atoms with Crippen LogP contribution >= 0.6 is 11.3 Å². The topological polar surface area (TPSA) is 3.24 Å². The Hall–Kier alpha value is -6.22. The fourth-order valence-electron chi connectivity index (χ4n) is 13.1. The molecule has 3 saturated carbocycles. The molecule has 2 heteroatoms. The molecule has 1 nitrogen and oxygen atoms in total. The van der Waals surface area contributed by atoms with E-state index >= 15 is 0 Å². The predicted molar refractivity (Wildman–Crippen MR) is 258 cm³/mol. The maximum atomic E-state index is 2.67. The molecule has 1 spiro atoms. The van der Waals surface area contributed by atoms with Crippen LogP contribution in [0.4, 0.5) is 17.1 Å². The first-order chi connectivity index (χ1) is 30.2. The van der Waals surface area contributed by atoms with Crippen molar-refractivity contribution in [3.63, 3.8) is 0 Å². The summed E-state index contributed by atoms with van der Waals surface area (Å²) in [6.45, 7) is 0. The van der Waals surface area contributed by atoms with Crippen LogP contribution in [0.5, 0.6) is 0 Å². The summed E-state index contributed by atoms with van der Waals surface area (Å²) in [5.41, 5.74) is 17.2. The molecule has 3 bridgehead atoms. The third-order valence-electron chi connectivity index (χ3n) is 15.6. The number of hydrogen-bond donors (Lipinski definition) is 0. The van der Waals surface area contributed by atoms with E-state index in [-0.39, 0.29) is 5.41 Å².